The number of aryl methyl sites for hydroxylation is 2. The van der Waals surface area contributed by atoms with Crippen molar-refractivity contribution >= 4 is 29.5 Å². The van der Waals surface area contributed by atoms with E-state index in [4.69, 9.17) is 0 Å². The number of hydrogen-bond acceptors (Lipinski definition) is 3. The molecule has 7 heteroatoms. The van der Waals surface area contributed by atoms with Crippen LogP contribution in [0.5, 0.6) is 0 Å². The van der Waals surface area contributed by atoms with Gasteiger partial charge in [-0.25, -0.2) is 9.80 Å². The number of nitrogens with zero attached hydrogens (tertiary/aromatic N) is 2. The Balaban J connectivity index is 1.73. The Labute approximate surface area is 179 Å². The molecular formula is C24H21N3O4. The fraction of sp³-hybridized carbons (Fsp3) is 0.125. The molecule has 0 radical (unpaired) electrons. The summed E-state index contributed by atoms with van der Waals surface area (Å²) in [6, 6.07) is 15.8. The first kappa shape index (κ1) is 20.2. The second-order valence-electron chi connectivity index (χ2n) is 7.44. The van der Waals surface area contributed by atoms with Crippen molar-refractivity contribution in [3.8, 4) is 5.69 Å². The summed E-state index contributed by atoms with van der Waals surface area (Å²) < 4.78 is 1.99. The molecule has 2 amide bonds. The molecule has 156 valence electrons. The topological polar surface area (TPSA) is 91.6 Å². The molecule has 1 aliphatic rings. The molecule has 0 spiro atoms. The molecule has 1 saturated heterocycles. The third-order valence-corrected chi connectivity index (χ3v) is 5.36. The summed E-state index contributed by atoms with van der Waals surface area (Å²) in [4.78, 5) is 36.6. The zero-order valence-electron chi connectivity index (χ0n) is 17.3. The van der Waals surface area contributed by atoms with Gasteiger partial charge in [-0.15, -0.1) is 0 Å². The lowest BCUT2D eigenvalue weighted by Crippen LogP contribution is -2.35. The van der Waals surface area contributed by atoms with E-state index < -0.39 is 17.8 Å². The van der Waals surface area contributed by atoms with Crippen molar-refractivity contribution in [2.24, 2.45) is 0 Å². The van der Waals surface area contributed by atoms with Crippen molar-refractivity contribution in [3.05, 3.63) is 88.2 Å². The Hall–Kier alpha value is -4.13. The number of carbonyl (C=O) groups is 3. The van der Waals surface area contributed by atoms with Gasteiger partial charge in [0, 0.05) is 17.1 Å². The number of hydrazine groups is 1. The van der Waals surface area contributed by atoms with Crippen LogP contribution < -0.4 is 10.4 Å². The maximum atomic E-state index is 12.9. The lowest BCUT2D eigenvalue weighted by Gasteiger charge is -2.14. The number of hydrogen-bond donors (Lipinski definition) is 2. The van der Waals surface area contributed by atoms with Crippen LogP contribution in [0.3, 0.4) is 0 Å². The standard InChI is InChI=1S/C24H21N3O4/c1-14-11-17(24(30)31)9-10-21(14)26-15(2)12-18(16(26)3)13-20-22(28)25-27(23(20)29)19-7-5-4-6-8-19/h4-13H,1-3H3,(H,25,28)(H,30,31)/b20-13-. The number of rotatable bonds is 4. The van der Waals surface area contributed by atoms with Crippen molar-refractivity contribution in [2.75, 3.05) is 5.01 Å². The monoisotopic (exact) mass is 415 g/mol. The number of amides is 2. The van der Waals surface area contributed by atoms with E-state index in [9.17, 15) is 19.5 Å². The Bertz CT molecular complexity index is 1260. The van der Waals surface area contributed by atoms with Crippen LogP contribution in [0.2, 0.25) is 0 Å². The zero-order chi connectivity index (χ0) is 22.3. The minimum absolute atomic E-state index is 0.0575. The molecule has 3 aromatic rings. The lowest BCUT2D eigenvalue weighted by molar-refractivity contribution is -0.117. The van der Waals surface area contributed by atoms with Crippen LogP contribution >= 0.6 is 0 Å². The maximum Gasteiger partial charge on any atom is 0.335 e. The number of nitrogens with one attached hydrogen (secondary N) is 1. The van der Waals surface area contributed by atoms with Crippen LogP contribution in [-0.2, 0) is 9.59 Å². The number of aromatic nitrogens is 1. The Kier molecular flexibility index (Phi) is 4.94. The fourth-order valence-electron chi connectivity index (χ4n) is 3.82. The molecule has 4 rings (SSSR count). The third-order valence-electron chi connectivity index (χ3n) is 5.36. The average Bonchev–Trinajstić information content (AvgIpc) is 3.18. The second kappa shape index (κ2) is 7.60. The molecule has 0 bridgehead atoms. The molecule has 2 aromatic carbocycles. The van der Waals surface area contributed by atoms with E-state index in [0.717, 1.165) is 28.2 Å². The van der Waals surface area contributed by atoms with E-state index in [-0.39, 0.29) is 11.1 Å². The number of para-hydroxylation sites is 1. The molecular weight excluding hydrogens is 394 g/mol. The highest BCUT2D eigenvalue weighted by Crippen LogP contribution is 2.27. The smallest absolute Gasteiger partial charge is 0.335 e. The molecule has 2 N–H and O–H groups in total. The van der Waals surface area contributed by atoms with Crippen molar-refractivity contribution < 1.29 is 19.5 Å². The molecule has 0 saturated carbocycles. The van der Waals surface area contributed by atoms with E-state index in [2.05, 4.69) is 5.43 Å². The van der Waals surface area contributed by atoms with Crippen LogP contribution in [0.25, 0.3) is 11.8 Å². The highest BCUT2D eigenvalue weighted by Gasteiger charge is 2.34. The van der Waals surface area contributed by atoms with Crippen molar-refractivity contribution in [3.63, 3.8) is 0 Å². The van der Waals surface area contributed by atoms with E-state index in [1.54, 1.807) is 48.5 Å². The first-order chi connectivity index (χ1) is 14.8. The maximum absolute atomic E-state index is 12.9. The third kappa shape index (κ3) is 3.50. The molecule has 7 nitrogen and oxygen atoms in total. The normalized spacial score (nSPS) is 14.9. The van der Waals surface area contributed by atoms with Gasteiger partial charge in [-0.2, -0.15) is 0 Å². The van der Waals surface area contributed by atoms with E-state index >= 15 is 0 Å². The summed E-state index contributed by atoms with van der Waals surface area (Å²) in [5.74, 6) is -1.85. The van der Waals surface area contributed by atoms with Gasteiger partial charge in [0.05, 0.1) is 11.3 Å². The summed E-state index contributed by atoms with van der Waals surface area (Å²) in [6.45, 7) is 5.67. The van der Waals surface area contributed by atoms with Gasteiger partial charge in [0.2, 0.25) is 0 Å². The summed E-state index contributed by atoms with van der Waals surface area (Å²) in [7, 11) is 0. The summed E-state index contributed by atoms with van der Waals surface area (Å²) in [6.07, 6.45) is 1.60. The highest BCUT2D eigenvalue weighted by atomic mass is 16.4. The minimum Gasteiger partial charge on any atom is -0.478 e. The molecule has 0 unspecified atom stereocenters. The summed E-state index contributed by atoms with van der Waals surface area (Å²) in [5.41, 5.74) is 7.62. The van der Waals surface area contributed by atoms with Gasteiger partial charge in [0.15, 0.2) is 0 Å². The van der Waals surface area contributed by atoms with Gasteiger partial charge in [-0.3, -0.25) is 15.0 Å². The molecule has 1 fully saturated rings. The zero-order valence-corrected chi connectivity index (χ0v) is 17.3. The lowest BCUT2D eigenvalue weighted by atomic mass is 10.1. The summed E-state index contributed by atoms with van der Waals surface area (Å²) in [5, 5.41) is 10.4. The van der Waals surface area contributed by atoms with Crippen molar-refractivity contribution in [2.45, 2.75) is 20.8 Å². The first-order valence-electron chi connectivity index (χ1n) is 9.73. The van der Waals surface area contributed by atoms with Crippen LogP contribution in [0, 0.1) is 20.8 Å². The predicted molar refractivity (Wildman–Crippen MR) is 117 cm³/mol. The SMILES string of the molecule is Cc1cc(C(=O)O)ccc1-n1c(C)cc(/C=C2/C(=O)NN(c3ccccc3)C2=O)c1C. The van der Waals surface area contributed by atoms with Gasteiger partial charge < -0.3 is 9.67 Å². The first-order valence-corrected chi connectivity index (χ1v) is 9.73. The van der Waals surface area contributed by atoms with E-state index in [1.165, 1.54) is 5.01 Å². The molecule has 31 heavy (non-hydrogen) atoms. The number of aromatic carboxylic acids is 1. The van der Waals surface area contributed by atoms with Crippen molar-refractivity contribution in [1.82, 2.24) is 9.99 Å². The van der Waals surface area contributed by atoms with Crippen LogP contribution in [0.15, 0.2) is 60.2 Å². The van der Waals surface area contributed by atoms with Gasteiger partial charge in [-0.05, 0) is 74.4 Å². The van der Waals surface area contributed by atoms with Crippen LogP contribution in [0.1, 0.15) is 32.9 Å². The number of carboxylic acid groups (broad SMARTS) is 1. The quantitative estimate of drug-likeness (QED) is 0.503. The average molecular weight is 415 g/mol. The molecule has 0 atom stereocenters. The number of carboxylic acids is 1. The van der Waals surface area contributed by atoms with E-state index in [1.807, 2.05) is 37.5 Å². The number of carbonyl (C=O) groups excluding carboxylic acids is 2. The Morgan fingerprint density at radius 2 is 1.71 bits per heavy atom. The summed E-state index contributed by atoms with van der Waals surface area (Å²) >= 11 is 0. The largest absolute Gasteiger partial charge is 0.478 e. The fourth-order valence-corrected chi connectivity index (χ4v) is 3.82. The van der Waals surface area contributed by atoms with Gasteiger partial charge in [-0.1, -0.05) is 18.2 Å². The predicted octanol–water partition coefficient (Wildman–Crippen LogP) is 3.56. The highest BCUT2D eigenvalue weighted by molar-refractivity contribution is 6.31. The van der Waals surface area contributed by atoms with Gasteiger partial charge >= 0.3 is 5.97 Å². The Morgan fingerprint density at radius 1 is 1.00 bits per heavy atom. The molecule has 1 aromatic heterocycles. The van der Waals surface area contributed by atoms with Gasteiger partial charge in [0.1, 0.15) is 5.57 Å². The van der Waals surface area contributed by atoms with Crippen LogP contribution in [0.4, 0.5) is 5.69 Å². The number of anilines is 1. The van der Waals surface area contributed by atoms with Crippen LogP contribution in [-0.4, -0.2) is 27.5 Å². The molecule has 2 heterocycles. The van der Waals surface area contributed by atoms with E-state index in [0.29, 0.717) is 5.69 Å². The van der Waals surface area contributed by atoms with Gasteiger partial charge in [0.25, 0.3) is 11.8 Å². The molecule has 0 aliphatic carbocycles. The van der Waals surface area contributed by atoms with Crippen molar-refractivity contribution in [1.29, 1.82) is 0 Å². The molecule has 1 aliphatic heterocycles. The minimum atomic E-state index is -0.977. The number of benzene rings is 2. The second-order valence-corrected chi connectivity index (χ2v) is 7.44. The Morgan fingerprint density at radius 3 is 2.35 bits per heavy atom.